The van der Waals surface area contributed by atoms with Gasteiger partial charge in [0.15, 0.2) is 0 Å². The first-order valence-electron chi connectivity index (χ1n) is 7.94. The molecule has 128 valence electrons. The molecule has 1 saturated heterocycles. The third kappa shape index (κ3) is 5.23. The van der Waals surface area contributed by atoms with E-state index in [0.29, 0.717) is 17.5 Å². The first kappa shape index (κ1) is 17.8. The molecule has 0 spiro atoms. The smallest absolute Gasteiger partial charge is 0.410 e. The summed E-state index contributed by atoms with van der Waals surface area (Å²) in [5.74, 6) is 0.601. The van der Waals surface area contributed by atoms with Crippen LogP contribution in [0.3, 0.4) is 0 Å². The van der Waals surface area contributed by atoms with Gasteiger partial charge in [-0.15, -0.1) is 0 Å². The minimum atomic E-state index is -0.482. The Kier molecular flexibility index (Phi) is 5.68. The number of halogens is 1. The normalized spacial score (nSPS) is 18.7. The molecule has 1 aliphatic rings. The molecular weight excluding hydrogens is 316 g/mol. The van der Waals surface area contributed by atoms with E-state index in [1.807, 2.05) is 37.6 Å². The van der Waals surface area contributed by atoms with Gasteiger partial charge in [-0.2, -0.15) is 0 Å². The number of carbonyl (C=O) groups excluding carboxylic acids is 1. The van der Waals surface area contributed by atoms with Crippen LogP contribution in [-0.2, 0) is 4.74 Å². The van der Waals surface area contributed by atoms with Crippen molar-refractivity contribution in [1.29, 1.82) is 0 Å². The van der Waals surface area contributed by atoms with E-state index in [2.05, 4.69) is 9.97 Å². The predicted molar refractivity (Wildman–Crippen MR) is 90.9 cm³/mol. The number of nitrogens with zero attached hydrogens (tertiary/aromatic N) is 4. The van der Waals surface area contributed by atoms with E-state index in [9.17, 15) is 4.79 Å². The van der Waals surface area contributed by atoms with E-state index in [1.54, 1.807) is 12.4 Å². The van der Waals surface area contributed by atoms with Crippen LogP contribution in [0.15, 0.2) is 12.4 Å². The number of piperidine rings is 1. The monoisotopic (exact) mass is 340 g/mol. The average molecular weight is 341 g/mol. The molecule has 6 nitrogen and oxygen atoms in total. The first-order valence-corrected chi connectivity index (χ1v) is 8.32. The quantitative estimate of drug-likeness (QED) is 0.844. The zero-order chi connectivity index (χ0) is 17.0. The van der Waals surface area contributed by atoms with Crippen molar-refractivity contribution >= 4 is 23.6 Å². The number of ether oxygens (including phenoxy) is 1. The van der Waals surface area contributed by atoms with Gasteiger partial charge in [0.1, 0.15) is 5.60 Å². The Morgan fingerprint density at radius 2 is 2.04 bits per heavy atom. The summed E-state index contributed by atoms with van der Waals surface area (Å²) >= 11 is 5.82. The van der Waals surface area contributed by atoms with Crippen molar-refractivity contribution in [3.63, 3.8) is 0 Å². The maximum Gasteiger partial charge on any atom is 0.410 e. The van der Waals surface area contributed by atoms with Crippen molar-refractivity contribution in [2.24, 2.45) is 0 Å². The maximum absolute atomic E-state index is 12.4. The molecule has 0 N–H and O–H groups in total. The van der Waals surface area contributed by atoms with Gasteiger partial charge in [-0.05, 0) is 40.0 Å². The summed E-state index contributed by atoms with van der Waals surface area (Å²) < 4.78 is 5.53. The lowest BCUT2D eigenvalue weighted by Gasteiger charge is -2.38. The van der Waals surface area contributed by atoms with Gasteiger partial charge in [0.2, 0.25) is 5.95 Å². The number of rotatable bonds is 3. The molecule has 1 aliphatic heterocycles. The van der Waals surface area contributed by atoms with Crippen molar-refractivity contribution < 1.29 is 9.53 Å². The first-order chi connectivity index (χ1) is 10.8. The number of amides is 1. The van der Waals surface area contributed by atoms with E-state index in [4.69, 9.17) is 16.3 Å². The molecule has 7 heteroatoms. The fraction of sp³-hybridized carbons (Fsp3) is 0.688. The molecule has 0 radical (unpaired) electrons. The Morgan fingerprint density at radius 3 is 2.65 bits per heavy atom. The number of likely N-dealkylation sites (tertiary alicyclic amines) is 1. The lowest BCUT2D eigenvalue weighted by molar-refractivity contribution is 0.0108. The molecule has 0 bridgehead atoms. The van der Waals surface area contributed by atoms with Crippen LogP contribution in [0.5, 0.6) is 0 Å². The summed E-state index contributed by atoms with van der Waals surface area (Å²) in [6.07, 6.45) is 5.99. The standard InChI is InChI=1S/C16H25ClN4O2/c1-16(2,3)23-15(22)21-8-6-5-7-13(21)11-20(4)14-18-9-12(17)10-19-14/h9-10,13H,5-8,11H2,1-4H3/t13-/m1/s1. The molecule has 0 saturated carbocycles. The van der Waals surface area contributed by atoms with E-state index >= 15 is 0 Å². The molecule has 0 aliphatic carbocycles. The Labute approximate surface area is 142 Å². The van der Waals surface area contributed by atoms with Crippen molar-refractivity contribution in [2.75, 3.05) is 25.0 Å². The Bertz CT molecular complexity index is 530. The maximum atomic E-state index is 12.4. The van der Waals surface area contributed by atoms with Gasteiger partial charge in [0.25, 0.3) is 0 Å². The third-order valence-corrected chi connectivity index (χ3v) is 3.88. The van der Waals surface area contributed by atoms with Gasteiger partial charge in [-0.25, -0.2) is 14.8 Å². The number of aromatic nitrogens is 2. The molecular formula is C16H25ClN4O2. The highest BCUT2D eigenvalue weighted by atomic mass is 35.5. The van der Waals surface area contributed by atoms with E-state index < -0.39 is 5.60 Å². The highest BCUT2D eigenvalue weighted by Crippen LogP contribution is 2.22. The van der Waals surface area contributed by atoms with Crippen LogP contribution in [0, 0.1) is 0 Å². The molecule has 23 heavy (non-hydrogen) atoms. The zero-order valence-electron chi connectivity index (χ0n) is 14.3. The minimum absolute atomic E-state index is 0.0999. The summed E-state index contributed by atoms with van der Waals surface area (Å²) in [5.41, 5.74) is -0.482. The Hall–Kier alpha value is -1.56. The molecule has 1 fully saturated rings. The van der Waals surface area contributed by atoms with Crippen molar-refractivity contribution in [3.8, 4) is 0 Å². The number of hydrogen-bond donors (Lipinski definition) is 0. The molecule has 1 atom stereocenters. The van der Waals surface area contributed by atoms with Crippen LogP contribution < -0.4 is 4.90 Å². The minimum Gasteiger partial charge on any atom is -0.444 e. The predicted octanol–water partition coefficient (Wildman–Crippen LogP) is 3.36. The Morgan fingerprint density at radius 1 is 1.39 bits per heavy atom. The van der Waals surface area contributed by atoms with Crippen LogP contribution in [-0.4, -0.2) is 52.7 Å². The molecule has 1 aromatic heterocycles. The van der Waals surface area contributed by atoms with Gasteiger partial charge >= 0.3 is 6.09 Å². The fourth-order valence-electron chi connectivity index (χ4n) is 2.65. The molecule has 1 amide bonds. The van der Waals surface area contributed by atoms with E-state index in [0.717, 1.165) is 25.8 Å². The van der Waals surface area contributed by atoms with E-state index in [1.165, 1.54) is 0 Å². The summed E-state index contributed by atoms with van der Waals surface area (Å²) in [7, 11) is 1.92. The molecule has 1 aromatic rings. The van der Waals surface area contributed by atoms with Crippen molar-refractivity contribution in [2.45, 2.75) is 51.7 Å². The van der Waals surface area contributed by atoms with Crippen LogP contribution >= 0.6 is 11.6 Å². The summed E-state index contributed by atoms with van der Waals surface area (Å²) in [4.78, 5) is 24.6. The van der Waals surface area contributed by atoms with Crippen LogP contribution in [0.2, 0.25) is 5.02 Å². The summed E-state index contributed by atoms with van der Waals surface area (Å²) in [6, 6.07) is 0.0999. The average Bonchev–Trinajstić information content (AvgIpc) is 2.46. The highest BCUT2D eigenvalue weighted by molar-refractivity contribution is 6.30. The molecule has 0 aromatic carbocycles. The number of anilines is 1. The second kappa shape index (κ2) is 7.34. The zero-order valence-corrected chi connectivity index (χ0v) is 15.0. The van der Waals surface area contributed by atoms with Crippen LogP contribution in [0.4, 0.5) is 10.7 Å². The summed E-state index contributed by atoms with van der Waals surface area (Å²) in [5, 5.41) is 0.509. The van der Waals surface area contributed by atoms with Crippen molar-refractivity contribution in [1.82, 2.24) is 14.9 Å². The largest absolute Gasteiger partial charge is 0.444 e. The molecule has 2 rings (SSSR count). The fourth-order valence-corrected chi connectivity index (χ4v) is 2.75. The van der Waals surface area contributed by atoms with E-state index in [-0.39, 0.29) is 12.1 Å². The topological polar surface area (TPSA) is 58.6 Å². The number of carbonyl (C=O) groups is 1. The SMILES string of the molecule is CN(C[C@H]1CCCCN1C(=O)OC(C)(C)C)c1ncc(Cl)cn1. The second-order valence-electron chi connectivity index (χ2n) is 6.91. The Balaban J connectivity index is 2.03. The lowest BCUT2D eigenvalue weighted by atomic mass is 10.0. The van der Waals surface area contributed by atoms with Crippen LogP contribution in [0.1, 0.15) is 40.0 Å². The van der Waals surface area contributed by atoms with Gasteiger partial charge in [0.05, 0.1) is 23.5 Å². The number of likely N-dealkylation sites (N-methyl/N-ethyl adjacent to an activating group) is 1. The van der Waals surface area contributed by atoms with Gasteiger partial charge in [-0.1, -0.05) is 11.6 Å². The number of hydrogen-bond acceptors (Lipinski definition) is 5. The van der Waals surface area contributed by atoms with Crippen LogP contribution in [0.25, 0.3) is 0 Å². The highest BCUT2D eigenvalue weighted by Gasteiger charge is 2.31. The molecule has 2 heterocycles. The summed E-state index contributed by atoms with van der Waals surface area (Å²) in [6.45, 7) is 7.06. The third-order valence-electron chi connectivity index (χ3n) is 3.69. The van der Waals surface area contributed by atoms with Crippen molar-refractivity contribution in [3.05, 3.63) is 17.4 Å². The van der Waals surface area contributed by atoms with Gasteiger partial charge in [0, 0.05) is 20.1 Å². The van der Waals surface area contributed by atoms with Gasteiger partial charge in [-0.3, -0.25) is 0 Å². The molecule has 0 unspecified atom stereocenters. The van der Waals surface area contributed by atoms with Gasteiger partial charge < -0.3 is 14.5 Å². The lowest BCUT2D eigenvalue weighted by Crippen LogP contribution is -2.50. The second-order valence-corrected chi connectivity index (χ2v) is 7.34.